The molecule has 0 atom stereocenters. The Hall–Kier alpha value is -3.65. The van der Waals surface area contributed by atoms with E-state index in [1.807, 2.05) is 31.2 Å². The lowest BCUT2D eigenvalue weighted by Gasteiger charge is -2.12. The van der Waals surface area contributed by atoms with Gasteiger partial charge in [-0.05, 0) is 42.4 Å². The monoisotopic (exact) mass is 420 g/mol. The molecule has 1 aliphatic rings. The van der Waals surface area contributed by atoms with E-state index in [0.29, 0.717) is 17.1 Å². The third kappa shape index (κ3) is 3.90. The first-order valence-electron chi connectivity index (χ1n) is 9.07. The number of hydrogen-bond acceptors (Lipinski definition) is 6. The number of nitrogens with zero attached hydrogens (tertiary/aromatic N) is 2. The van der Waals surface area contributed by atoms with Crippen molar-refractivity contribution in [2.75, 3.05) is 0 Å². The lowest BCUT2D eigenvalue weighted by atomic mass is 10.1. The zero-order valence-electron chi connectivity index (χ0n) is 15.9. The fraction of sp³-hybridized carbons (Fsp3) is 0.0909. The van der Waals surface area contributed by atoms with Crippen LogP contribution < -0.4 is 0 Å². The largest absolute Gasteiger partial charge is 0.456 e. The van der Waals surface area contributed by atoms with Crippen molar-refractivity contribution < 1.29 is 18.9 Å². The van der Waals surface area contributed by atoms with Crippen molar-refractivity contribution in [3.63, 3.8) is 0 Å². The minimum atomic E-state index is -0.478. The van der Waals surface area contributed by atoms with Crippen LogP contribution in [-0.4, -0.2) is 21.0 Å². The van der Waals surface area contributed by atoms with Gasteiger partial charge in [0.25, 0.3) is 16.8 Å². The second-order valence-electron chi connectivity index (χ2n) is 6.73. The molecule has 1 aliphatic heterocycles. The molecule has 2 aromatic carbocycles. The fourth-order valence-corrected chi connectivity index (χ4v) is 3.99. The predicted octanol–water partition coefficient (Wildman–Crippen LogP) is 5.40. The van der Waals surface area contributed by atoms with Crippen molar-refractivity contribution in [2.24, 2.45) is 0 Å². The smallest absolute Gasteiger partial charge is 0.293 e. The summed E-state index contributed by atoms with van der Waals surface area (Å²) in [6, 6.07) is 17.1. The minimum Gasteiger partial charge on any atom is -0.456 e. The highest BCUT2D eigenvalue weighted by Crippen LogP contribution is 2.35. The summed E-state index contributed by atoms with van der Waals surface area (Å²) in [4.78, 5) is 37.2. The maximum Gasteiger partial charge on any atom is 0.293 e. The van der Waals surface area contributed by atoms with Gasteiger partial charge < -0.3 is 4.42 Å². The Morgan fingerprint density at radius 2 is 1.90 bits per heavy atom. The number of carbonyl (C=O) groups excluding carboxylic acids is 2. The van der Waals surface area contributed by atoms with Crippen LogP contribution in [0.4, 0.5) is 10.5 Å². The molecule has 0 spiro atoms. The molecule has 150 valence electrons. The zero-order chi connectivity index (χ0) is 21.3. The molecular weight excluding hydrogens is 404 g/mol. The van der Waals surface area contributed by atoms with Gasteiger partial charge in [0.05, 0.1) is 21.9 Å². The van der Waals surface area contributed by atoms with Crippen molar-refractivity contribution in [2.45, 2.75) is 13.5 Å². The Labute approximate surface area is 176 Å². The number of rotatable bonds is 5. The highest BCUT2D eigenvalue weighted by molar-refractivity contribution is 8.18. The molecule has 8 heteroatoms. The van der Waals surface area contributed by atoms with E-state index in [-0.39, 0.29) is 22.4 Å². The van der Waals surface area contributed by atoms with Crippen molar-refractivity contribution >= 4 is 34.7 Å². The fourth-order valence-electron chi connectivity index (χ4n) is 3.17. The number of benzene rings is 2. The second-order valence-corrected chi connectivity index (χ2v) is 7.73. The third-order valence-corrected chi connectivity index (χ3v) is 5.47. The van der Waals surface area contributed by atoms with Gasteiger partial charge in [-0.2, -0.15) is 0 Å². The Morgan fingerprint density at radius 1 is 1.10 bits per heavy atom. The maximum absolute atomic E-state index is 12.7. The standard InChI is InChI=1S/C22H16N2O5S/c1-14-5-4-6-15(11-14)13-23-21(25)20(30-22(23)26)12-16-9-10-19(29-16)17-7-2-3-8-18(17)24(27)28/h2-12H,13H2,1H3/b20-12+. The van der Waals surface area contributed by atoms with Gasteiger partial charge in [0, 0.05) is 12.1 Å². The molecule has 1 fully saturated rings. The Bertz CT molecular complexity index is 1200. The third-order valence-electron chi connectivity index (χ3n) is 4.56. The molecule has 7 nitrogen and oxygen atoms in total. The van der Waals surface area contributed by atoms with E-state index in [0.717, 1.165) is 22.9 Å². The number of furan rings is 1. The molecule has 1 saturated heterocycles. The van der Waals surface area contributed by atoms with Crippen molar-refractivity contribution in [3.05, 3.63) is 92.6 Å². The Morgan fingerprint density at radius 3 is 2.67 bits per heavy atom. The number of carbonyl (C=O) groups is 2. The molecule has 2 amide bonds. The van der Waals surface area contributed by atoms with Crippen LogP contribution in [-0.2, 0) is 11.3 Å². The molecule has 0 unspecified atom stereocenters. The number of imide groups is 1. The number of aryl methyl sites for hydroxylation is 1. The predicted molar refractivity (Wildman–Crippen MR) is 113 cm³/mol. The lowest BCUT2D eigenvalue weighted by Crippen LogP contribution is -2.27. The van der Waals surface area contributed by atoms with Crippen molar-refractivity contribution in [1.82, 2.24) is 4.90 Å². The summed E-state index contributed by atoms with van der Waals surface area (Å²) in [6.45, 7) is 2.14. The first-order valence-corrected chi connectivity index (χ1v) is 9.88. The van der Waals surface area contributed by atoms with E-state index >= 15 is 0 Å². The molecule has 4 rings (SSSR count). The summed E-state index contributed by atoms with van der Waals surface area (Å²) >= 11 is 0.844. The van der Waals surface area contributed by atoms with Crippen LogP contribution in [0.1, 0.15) is 16.9 Å². The van der Waals surface area contributed by atoms with E-state index in [1.165, 1.54) is 17.0 Å². The number of thioether (sulfide) groups is 1. The van der Waals surface area contributed by atoms with Gasteiger partial charge in [-0.3, -0.25) is 24.6 Å². The number of nitro benzene ring substituents is 1. The van der Waals surface area contributed by atoms with E-state index in [1.54, 1.807) is 30.3 Å². The van der Waals surface area contributed by atoms with E-state index in [9.17, 15) is 19.7 Å². The zero-order valence-corrected chi connectivity index (χ0v) is 16.7. The summed E-state index contributed by atoms with van der Waals surface area (Å²) < 4.78 is 5.70. The average molecular weight is 420 g/mol. The van der Waals surface area contributed by atoms with Crippen LogP contribution in [0.3, 0.4) is 0 Å². The number of nitro groups is 1. The number of amides is 2. The first-order chi connectivity index (χ1) is 14.4. The normalized spacial score (nSPS) is 15.2. The SMILES string of the molecule is Cc1cccc(CN2C(=O)S/C(=C/c3ccc(-c4ccccc4[N+](=O)[O-])o3)C2=O)c1. The van der Waals surface area contributed by atoms with Crippen LogP contribution in [0.25, 0.3) is 17.4 Å². The summed E-state index contributed by atoms with van der Waals surface area (Å²) in [5, 5.41) is 10.9. The molecule has 0 aliphatic carbocycles. The molecule has 1 aromatic heterocycles. The van der Waals surface area contributed by atoms with Crippen molar-refractivity contribution in [1.29, 1.82) is 0 Å². The summed E-state index contributed by atoms with van der Waals surface area (Å²) in [5.74, 6) is 0.256. The van der Waals surface area contributed by atoms with E-state index in [2.05, 4.69) is 0 Å². The van der Waals surface area contributed by atoms with Crippen LogP contribution in [0.5, 0.6) is 0 Å². The van der Waals surface area contributed by atoms with Gasteiger partial charge in [-0.25, -0.2) is 0 Å². The minimum absolute atomic E-state index is 0.0723. The average Bonchev–Trinajstić information content (AvgIpc) is 3.28. The number of para-hydroxylation sites is 1. The van der Waals surface area contributed by atoms with Crippen LogP contribution in [0.2, 0.25) is 0 Å². The van der Waals surface area contributed by atoms with Crippen LogP contribution >= 0.6 is 11.8 Å². The number of hydrogen-bond donors (Lipinski definition) is 0. The molecule has 2 heterocycles. The van der Waals surface area contributed by atoms with Gasteiger partial charge >= 0.3 is 0 Å². The molecule has 3 aromatic rings. The highest BCUT2D eigenvalue weighted by atomic mass is 32.2. The molecular formula is C22H16N2O5S. The van der Waals surface area contributed by atoms with Crippen molar-refractivity contribution in [3.8, 4) is 11.3 Å². The molecule has 0 radical (unpaired) electrons. The molecule has 0 N–H and O–H groups in total. The van der Waals surface area contributed by atoms with Gasteiger partial charge in [-0.15, -0.1) is 0 Å². The van der Waals surface area contributed by atoms with E-state index < -0.39 is 10.8 Å². The first kappa shape index (κ1) is 19.7. The topological polar surface area (TPSA) is 93.7 Å². The Balaban J connectivity index is 1.57. The highest BCUT2D eigenvalue weighted by Gasteiger charge is 2.35. The van der Waals surface area contributed by atoms with Crippen LogP contribution in [0, 0.1) is 17.0 Å². The summed E-state index contributed by atoms with van der Waals surface area (Å²) in [7, 11) is 0. The van der Waals surface area contributed by atoms with E-state index in [4.69, 9.17) is 4.42 Å². The summed E-state index contributed by atoms with van der Waals surface area (Å²) in [6.07, 6.45) is 1.49. The molecule has 30 heavy (non-hydrogen) atoms. The Kier molecular flexibility index (Phi) is 5.24. The quantitative estimate of drug-likeness (QED) is 0.312. The molecule has 0 bridgehead atoms. The lowest BCUT2D eigenvalue weighted by molar-refractivity contribution is -0.384. The van der Waals surface area contributed by atoms with Gasteiger partial charge in [0.2, 0.25) is 0 Å². The van der Waals surface area contributed by atoms with Crippen LogP contribution in [0.15, 0.2) is 70.0 Å². The maximum atomic E-state index is 12.7. The molecule has 0 saturated carbocycles. The van der Waals surface area contributed by atoms with Gasteiger partial charge in [0.1, 0.15) is 11.5 Å². The summed E-state index contributed by atoms with van der Waals surface area (Å²) in [5.41, 5.74) is 2.19. The van der Waals surface area contributed by atoms with Gasteiger partial charge in [-0.1, -0.05) is 42.0 Å². The van der Waals surface area contributed by atoms with Gasteiger partial charge in [0.15, 0.2) is 0 Å². The second kappa shape index (κ2) is 8.00.